The zero-order valence-corrected chi connectivity index (χ0v) is 18.9. The Hall–Kier alpha value is -4.34. The number of benzene rings is 3. The molecule has 2 heterocycles. The van der Waals surface area contributed by atoms with Gasteiger partial charge in [0.05, 0.1) is 17.9 Å². The SMILES string of the molecule is Cc1ccc(NC(=O)Nc2cc(-c3ccccc3-c3nnn[nH]3)ccc2N2CCC(F)(F)C2)cc1. The number of H-pyrrole nitrogens is 1. The van der Waals surface area contributed by atoms with Crippen LogP contribution in [0.1, 0.15) is 12.0 Å². The third-order valence-electron chi connectivity index (χ3n) is 5.90. The van der Waals surface area contributed by atoms with Crippen molar-refractivity contribution in [3.63, 3.8) is 0 Å². The van der Waals surface area contributed by atoms with Gasteiger partial charge in [-0.25, -0.2) is 18.7 Å². The molecule has 1 aliphatic heterocycles. The van der Waals surface area contributed by atoms with Gasteiger partial charge in [0.15, 0.2) is 5.82 Å². The summed E-state index contributed by atoms with van der Waals surface area (Å²) in [5.41, 5.74) is 5.03. The van der Waals surface area contributed by atoms with Crippen LogP contribution in [0.4, 0.5) is 30.6 Å². The zero-order valence-electron chi connectivity index (χ0n) is 18.9. The summed E-state index contributed by atoms with van der Waals surface area (Å²) in [6.45, 7) is 1.75. The van der Waals surface area contributed by atoms with Crippen molar-refractivity contribution in [1.29, 1.82) is 0 Å². The van der Waals surface area contributed by atoms with Gasteiger partial charge >= 0.3 is 6.03 Å². The van der Waals surface area contributed by atoms with E-state index in [9.17, 15) is 13.6 Å². The van der Waals surface area contributed by atoms with Gasteiger partial charge in [-0.1, -0.05) is 48.0 Å². The van der Waals surface area contributed by atoms with Gasteiger partial charge in [-0.05, 0) is 52.7 Å². The highest BCUT2D eigenvalue weighted by molar-refractivity contribution is 6.02. The number of hydrogen-bond donors (Lipinski definition) is 3. The van der Waals surface area contributed by atoms with E-state index in [1.54, 1.807) is 29.2 Å². The first-order chi connectivity index (χ1) is 16.9. The molecular weight excluding hydrogens is 452 g/mol. The number of alkyl halides is 2. The minimum atomic E-state index is -2.77. The second kappa shape index (κ2) is 9.13. The summed E-state index contributed by atoms with van der Waals surface area (Å²) in [4.78, 5) is 14.4. The van der Waals surface area contributed by atoms with Gasteiger partial charge in [0.1, 0.15) is 0 Å². The zero-order chi connectivity index (χ0) is 24.4. The molecule has 2 amide bonds. The number of carbonyl (C=O) groups is 1. The molecule has 1 saturated heterocycles. The number of carbonyl (C=O) groups excluding carboxylic acids is 1. The molecule has 0 saturated carbocycles. The van der Waals surface area contributed by atoms with Crippen molar-refractivity contribution in [2.45, 2.75) is 19.3 Å². The molecule has 35 heavy (non-hydrogen) atoms. The lowest BCUT2D eigenvalue weighted by atomic mass is 9.98. The Labute approximate surface area is 200 Å². The first-order valence-electron chi connectivity index (χ1n) is 11.1. The van der Waals surface area contributed by atoms with E-state index in [0.29, 0.717) is 22.9 Å². The number of nitrogens with zero attached hydrogens (tertiary/aromatic N) is 4. The summed E-state index contributed by atoms with van der Waals surface area (Å²) in [6, 6.07) is 19.8. The van der Waals surface area contributed by atoms with Crippen LogP contribution < -0.4 is 15.5 Å². The van der Waals surface area contributed by atoms with E-state index in [4.69, 9.17) is 0 Å². The Morgan fingerprint density at radius 3 is 2.49 bits per heavy atom. The molecule has 3 aromatic carbocycles. The van der Waals surface area contributed by atoms with Crippen molar-refractivity contribution in [3.8, 4) is 22.5 Å². The van der Waals surface area contributed by atoms with Crippen molar-refractivity contribution in [2.75, 3.05) is 28.6 Å². The fraction of sp³-hybridized carbons (Fsp3) is 0.200. The van der Waals surface area contributed by atoms with Crippen LogP contribution in [0, 0.1) is 6.92 Å². The van der Waals surface area contributed by atoms with E-state index < -0.39 is 18.5 Å². The summed E-state index contributed by atoms with van der Waals surface area (Å²) in [6.07, 6.45) is -0.231. The summed E-state index contributed by atoms with van der Waals surface area (Å²) in [5.74, 6) is -2.28. The third-order valence-corrected chi connectivity index (χ3v) is 5.90. The van der Waals surface area contributed by atoms with Crippen LogP contribution in [-0.2, 0) is 0 Å². The Kier molecular flexibility index (Phi) is 5.86. The van der Waals surface area contributed by atoms with Gasteiger partial charge in [-0.3, -0.25) is 0 Å². The van der Waals surface area contributed by atoms with Gasteiger partial charge in [0, 0.05) is 24.2 Å². The van der Waals surface area contributed by atoms with E-state index in [2.05, 4.69) is 31.3 Å². The quantitative estimate of drug-likeness (QED) is 0.362. The van der Waals surface area contributed by atoms with Crippen LogP contribution in [0.15, 0.2) is 66.7 Å². The number of amides is 2. The van der Waals surface area contributed by atoms with Gasteiger partial charge in [-0.15, -0.1) is 5.10 Å². The second-order valence-corrected chi connectivity index (χ2v) is 8.50. The fourth-order valence-electron chi connectivity index (χ4n) is 4.16. The molecule has 1 fully saturated rings. The van der Waals surface area contributed by atoms with Gasteiger partial charge in [0.2, 0.25) is 0 Å². The monoisotopic (exact) mass is 475 g/mol. The van der Waals surface area contributed by atoms with Gasteiger partial charge in [-0.2, -0.15) is 0 Å². The third kappa shape index (κ3) is 4.96. The lowest BCUT2D eigenvalue weighted by Gasteiger charge is -2.23. The van der Waals surface area contributed by atoms with E-state index in [0.717, 1.165) is 22.3 Å². The number of halogens is 2. The number of aromatic nitrogens is 4. The number of anilines is 3. The highest BCUT2D eigenvalue weighted by Crippen LogP contribution is 2.39. The maximum atomic E-state index is 14.0. The lowest BCUT2D eigenvalue weighted by molar-refractivity contribution is 0.0257. The van der Waals surface area contributed by atoms with Crippen LogP contribution >= 0.6 is 0 Å². The van der Waals surface area contributed by atoms with Crippen LogP contribution in [0.25, 0.3) is 22.5 Å². The Balaban J connectivity index is 1.50. The molecule has 0 radical (unpaired) electrons. The van der Waals surface area contributed by atoms with Crippen molar-refractivity contribution < 1.29 is 13.6 Å². The predicted molar refractivity (Wildman–Crippen MR) is 131 cm³/mol. The molecule has 10 heteroatoms. The van der Waals surface area contributed by atoms with Crippen molar-refractivity contribution in [3.05, 3.63) is 72.3 Å². The average molecular weight is 476 g/mol. The summed E-state index contributed by atoms with van der Waals surface area (Å²) in [7, 11) is 0. The number of hydrogen-bond acceptors (Lipinski definition) is 5. The summed E-state index contributed by atoms with van der Waals surface area (Å²) >= 11 is 0. The average Bonchev–Trinajstić information content (AvgIpc) is 3.50. The molecule has 0 unspecified atom stereocenters. The molecule has 0 bridgehead atoms. The van der Waals surface area contributed by atoms with Crippen molar-refractivity contribution >= 4 is 23.1 Å². The Morgan fingerprint density at radius 2 is 1.80 bits per heavy atom. The second-order valence-electron chi connectivity index (χ2n) is 8.50. The maximum absolute atomic E-state index is 14.0. The van der Waals surface area contributed by atoms with Crippen molar-refractivity contribution in [1.82, 2.24) is 20.6 Å². The van der Waals surface area contributed by atoms with Crippen LogP contribution in [0.3, 0.4) is 0 Å². The lowest BCUT2D eigenvalue weighted by Crippen LogP contribution is -2.27. The number of aryl methyl sites for hydroxylation is 1. The van der Waals surface area contributed by atoms with E-state index >= 15 is 0 Å². The number of rotatable bonds is 5. The molecule has 0 spiro atoms. The largest absolute Gasteiger partial charge is 0.364 e. The van der Waals surface area contributed by atoms with Crippen LogP contribution in [0.2, 0.25) is 0 Å². The fourth-order valence-corrected chi connectivity index (χ4v) is 4.16. The van der Waals surface area contributed by atoms with Crippen molar-refractivity contribution in [2.24, 2.45) is 0 Å². The van der Waals surface area contributed by atoms with E-state index in [1.807, 2.05) is 49.4 Å². The molecule has 5 rings (SSSR count). The first kappa shape index (κ1) is 22.5. The highest BCUT2D eigenvalue weighted by Gasteiger charge is 2.39. The van der Waals surface area contributed by atoms with Gasteiger partial charge in [0.25, 0.3) is 5.92 Å². The molecular formula is C25H23F2N7O. The minimum Gasteiger partial charge on any atom is -0.364 e. The maximum Gasteiger partial charge on any atom is 0.323 e. The molecule has 1 aromatic heterocycles. The minimum absolute atomic E-state index is 0.195. The molecule has 1 aliphatic rings. The normalized spacial score (nSPS) is 14.7. The first-order valence-corrected chi connectivity index (χ1v) is 11.1. The topological polar surface area (TPSA) is 98.8 Å². The Morgan fingerprint density at radius 1 is 1.03 bits per heavy atom. The molecule has 4 aromatic rings. The van der Waals surface area contributed by atoms with E-state index in [-0.39, 0.29) is 13.0 Å². The summed E-state index contributed by atoms with van der Waals surface area (Å²) < 4.78 is 28.0. The number of aromatic amines is 1. The highest BCUT2D eigenvalue weighted by atomic mass is 19.3. The van der Waals surface area contributed by atoms with Crippen LogP contribution in [-0.4, -0.2) is 45.7 Å². The molecule has 0 atom stereocenters. The number of nitrogens with one attached hydrogen (secondary N) is 3. The standard InChI is InChI=1S/C25H23F2N7O/c1-16-6-9-18(10-7-16)28-24(35)29-21-14-17(8-11-22(21)34-13-12-25(26,27)15-34)19-4-2-3-5-20(19)23-30-32-33-31-23/h2-11,14H,12-13,15H2,1H3,(H2,28,29,35)(H,30,31,32,33). The molecule has 8 nitrogen and oxygen atoms in total. The molecule has 3 N–H and O–H groups in total. The predicted octanol–water partition coefficient (Wildman–Crippen LogP) is 5.33. The van der Waals surface area contributed by atoms with Crippen LogP contribution in [0.5, 0.6) is 0 Å². The van der Waals surface area contributed by atoms with E-state index in [1.165, 1.54) is 0 Å². The van der Waals surface area contributed by atoms with Gasteiger partial charge < -0.3 is 15.5 Å². The Bertz CT molecular complexity index is 1340. The smallest absolute Gasteiger partial charge is 0.323 e. The summed E-state index contributed by atoms with van der Waals surface area (Å²) in [5, 5.41) is 19.7. The molecule has 178 valence electrons. The number of tetrazole rings is 1. The number of urea groups is 1. The molecule has 0 aliphatic carbocycles.